The van der Waals surface area contributed by atoms with Crippen LogP contribution in [-0.2, 0) is 0 Å². The summed E-state index contributed by atoms with van der Waals surface area (Å²) >= 11 is 0. The highest BCUT2D eigenvalue weighted by Crippen LogP contribution is 2.17. The molecule has 1 aliphatic heterocycles. The Morgan fingerprint density at radius 1 is 1.37 bits per heavy atom. The van der Waals surface area contributed by atoms with Gasteiger partial charge in [-0.1, -0.05) is 12.1 Å². The van der Waals surface area contributed by atoms with E-state index in [1.165, 1.54) is 12.1 Å². The van der Waals surface area contributed by atoms with E-state index in [1.54, 1.807) is 17.0 Å². The molecule has 0 aromatic heterocycles. The number of piperazine rings is 1. The quantitative estimate of drug-likeness (QED) is 0.845. The topological polar surface area (TPSA) is 35.6 Å². The van der Waals surface area contributed by atoms with Crippen LogP contribution in [0, 0.1) is 5.82 Å². The largest absolute Gasteiger partial charge is 0.368 e. The summed E-state index contributed by atoms with van der Waals surface area (Å²) in [6.45, 7) is 6.74. The Labute approximate surface area is 112 Å². The molecule has 0 bridgehead atoms. The van der Waals surface area contributed by atoms with E-state index >= 15 is 0 Å². The van der Waals surface area contributed by atoms with Crippen molar-refractivity contribution in [2.75, 3.05) is 37.6 Å². The van der Waals surface area contributed by atoms with Crippen molar-refractivity contribution >= 4 is 11.7 Å². The molecule has 0 aliphatic carbocycles. The standard InChI is InChI=1S/C14H18FN3O/c1-2-6-16-14(19)18-9-7-17(8-10-18)13-5-3-4-12(15)11-13/h2-5,11H,1,6-10H2,(H,16,19). The van der Waals surface area contributed by atoms with Gasteiger partial charge >= 0.3 is 6.03 Å². The van der Waals surface area contributed by atoms with Crippen LogP contribution >= 0.6 is 0 Å². The maximum Gasteiger partial charge on any atom is 0.317 e. The van der Waals surface area contributed by atoms with E-state index in [0.29, 0.717) is 32.7 Å². The van der Waals surface area contributed by atoms with Crippen molar-refractivity contribution in [1.29, 1.82) is 0 Å². The van der Waals surface area contributed by atoms with E-state index in [-0.39, 0.29) is 11.8 Å². The Morgan fingerprint density at radius 3 is 2.74 bits per heavy atom. The number of hydrogen-bond donors (Lipinski definition) is 1. The minimum atomic E-state index is -0.233. The Bertz CT molecular complexity index is 456. The van der Waals surface area contributed by atoms with E-state index in [9.17, 15) is 9.18 Å². The molecule has 2 amide bonds. The van der Waals surface area contributed by atoms with Gasteiger partial charge in [-0.25, -0.2) is 9.18 Å². The molecular weight excluding hydrogens is 245 g/mol. The molecule has 0 unspecified atom stereocenters. The lowest BCUT2D eigenvalue weighted by Gasteiger charge is -2.36. The maximum absolute atomic E-state index is 13.2. The fourth-order valence-corrected chi connectivity index (χ4v) is 2.11. The van der Waals surface area contributed by atoms with Gasteiger partial charge in [0, 0.05) is 38.4 Å². The average molecular weight is 263 g/mol. The van der Waals surface area contributed by atoms with Gasteiger partial charge in [-0.15, -0.1) is 6.58 Å². The van der Waals surface area contributed by atoms with Crippen molar-refractivity contribution in [3.63, 3.8) is 0 Å². The Hall–Kier alpha value is -2.04. The Morgan fingerprint density at radius 2 is 2.11 bits per heavy atom. The highest BCUT2D eigenvalue weighted by Gasteiger charge is 2.20. The van der Waals surface area contributed by atoms with Crippen LogP contribution in [0.1, 0.15) is 0 Å². The zero-order chi connectivity index (χ0) is 13.7. The molecule has 102 valence electrons. The van der Waals surface area contributed by atoms with Crippen LogP contribution in [0.4, 0.5) is 14.9 Å². The molecule has 1 heterocycles. The number of amides is 2. The zero-order valence-electron chi connectivity index (χ0n) is 10.8. The van der Waals surface area contributed by atoms with Crippen LogP contribution in [0.5, 0.6) is 0 Å². The molecule has 1 aromatic carbocycles. The first-order chi connectivity index (χ1) is 9.20. The van der Waals surface area contributed by atoms with Gasteiger partial charge in [-0.3, -0.25) is 0 Å². The van der Waals surface area contributed by atoms with E-state index in [0.717, 1.165) is 5.69 Å². The van der Waals surface area contributed by atoms with Gasteiger partial charge in [0.25, 0.3) is 0 Å². The molecule has 0 spiro atoms. The number of nitrogens with one attached hydrogen (secondary N) is 1. The molecular formula is C14H18FN3O. The number of anilines is 1. The molecule has 1 aromatic rings. The SMILES string of the molecule is C=CCNC(=O)N1CCN(c2cccc(F)c2)CC1. The van der Waals surface area contributed by atoms with E-state index in [2.05, 4.69) is 16.8 Å². The fourth-order valence-electron chi connectivity index (χ4n) is 2.11. The molecule has 2 rings (SSSR count). The van der Waals surface area contributed by atoms with Gasteiger partial charge in [0.15, 0.2) is 0 Å². The number of hydrogen-bond acceptors (Lipinski definition) is 2. The van der Waals surface area contributed by atoms with Crippen LogP contribution in [0.2, 0.25) is 0 Å². The van der Waals surface area contributed by atoms with Crippen molar-refractivity contribution in [3.8, 4) is 0 Å². The van der Waals surface area contributed by atoms with E-state index < -0.39 is 0 Å². The molecule has 1 N–H and O–H groups in total. The minimum absolute atomic E-state index is 0.0706. The van der Waals surface area contributed by atoms with Crippen molar-refractivity contribution in [3.05, 3.63) is 42.7 Å². The molecule has 1 saturated heterocycles. The van der Waals surface area contributed by atoms with Gasteiger partial charge in [0.05, 0.1) is 0 Å². The van der Waals surface area contributed by atoms with Gasteiger partial charge in [-0.2, -0.15) is 0 Å². The first kappa shape index (κ1) is 13.4. The highest BCUT2D eigenvalue weighted by atomic mass is 19.1. The van der Waals surface area contributed by atoms with Gasteiger partial charge in [0.1, 0.15) is 5.82 Å². The number of urea groups is 1. The first-order valence-electron chi connectivity index (χ1n) is 6.35. The van der Waals surface area contributed by atoms with E-state index in [1.807, 2.05) is 6.07 Å². The second kappa shape index (κ2) is 6.22. The third-order valence-electron chi connectivity index (χ3n) is 3.14. The normalized spacial score (nSPS) is 15.2. The van der Waals surface area contributed by atoms with Crippen molar-refractivity contribution in [2.24, 2.45) is 0 Å². The summed E-state index contributed by atoms with van der Waals surface area (Å²) in [6, 6.07) is 6.47. The molecule has 5 heteroatoms. The van der Waals surface area contributed by atoms with Crippen LogP contribution in [-0.4, -0.2) is 43.7 Å². The number of halogens is 1. The number of carbonyl (C=O) groups is 1. The lowest BCUT2D eigenvalue weighted by atomic mass is 10.2. The zero-order valence-corrected chi connectivity index (χ0v) is 10.8. The van der Waals surface area contributed by atoms with Gasteiger partial charge < -0.3 is 15.1 Å². The molecule has 1 aliphatic rings. The van der Waals surface area contributed by atoms with Crippen LogP contribution < -0.4 is 10.2 Å². The average Bonchev–Trinajstić information content (AvgIpc) is 2.45. The molecule has 0 atom stereocenters. The summed E-state index contributed by atoms with van der Waals surface area (Å²) in [4.78, 5) is 15.6. The first-order valence-corrected chi connectivity index (χ1v) is 6.35. The second-order valence-corrected chi connectivity index (χ2v) is 4.43. The molecule has 1 fully saturated rings. The number of rotatable bonds is 3. The number of benzene rings is 1. The third-order valence-corrected chi connectivity index (χ3v) is 3.14. The summed E-state index contributed by atoms with van der Waals surface area (Å²) in [7, 11) is 0. The lowest BCUT2D eigenvalue weighted by molar-refractivity contribution is 0.195. The smallest absolute Gasteiger partial charge is 0.317 e. The summed E-state index contributed by atoms with van der Waals surface area (Å²) in [5, 5.41) is 2.76. The summed E-state index contributed by atoms with van der Waals surface area (Å²) in [5.41, 5.74) is 0.867. The van der Waals surface area contributed by atoms with Crippen molar-refractivity contribution in [1.82, 2.24) is 10.2 Å². The fraction of sp³-hybridized carbons (Fsp3) is 0.357. The predicted molar refractivity (Wildman–Crippen MR) is 73.8 cm³/mol. The van der Waals surface area contributed by atoms with E-state index in [4.69, 9.17) is 0 Å². The molecule has 4 nitrogen and oxygen atoms in total. The van der Waals surface area contributed by atoms with Crippen LogP contribution in [0.3, 0.4) is 0 Å². The predicted octanol–water partition coefficient (Wildman–Crippen LogP) is 1.84. The van der Waals surface area contributed by atoms with Crippen LogP contribution in [0.15, 0.2) is 36.9 Å². The second-order valence-electron chi connectivity index (χ2n) is 4.43. The Balaban J connectivity index is 1.88. The summed E-state index contributed by atoms with van der Waals surface area (Å²) in [5.74, 6) is -0.233. The third kappa shape index (κ3) is 3.47. The maximum atomic E-state index is 13.2. The Kier molecular flexibility index (Phi) is 4.39. The van der Waals surface area contributed by atoms with Crippen molar-refractivity contribution in [2.45, 2.75) is 0 Å². The minimum Gasteiger partial charge on any atom is -0.368 e. The number of nitrogens with zero attached hydrogens (tertiary/aromatic N) is 2. The van der Waals surface area contributed by atoms with Gasteiger partial charge in [-0.05, 0) is 18.2 Å². The number of carbonyl (C=O) groups excluding carboxylic acids is 1. The van der Waals surface area contributed by atoms with Gasteiger partial charge in [0.2, 0.25) is 0 Å². The summed E-state index contributed by atoms with van der Waals surface area (Å²) < 4.78 is 13.2. The summed E-state index contributed by atoms with van der Waals surface area (Å²) in [6.07, 6.45) is 1.65. The molecule has 0 radical (unpaired) electrons. The molecule has 19 heavy (non-hydrogen) atoms. The lowest BCUT2D eigenvalue weighted by Crippen LogP contribution is -2.51. The molecule has 0 saturated carbocycles. The van der Waals surface area contributed by atoms with Crippen molar-refractivity contribution < 1.29 is 9.18 Å². The van der Waals surface area contributed by atoms with Crippen LogP contribution in [0.25, 0.3) is 0 Å². The highest BCUT2D eigenvalue weighted by molar-refractivity contribution is 5.74. The monoisotopic (exact) mass is 263 g/mol.